The fourth-order valence-electron chi connectivity index (χ4n) is 1.67. The van der Waals surface area contributed by atoms with E-state index in [2.05, 4.69) is 0 Å². The van der Waals surface area contributed by atoms with Gasteiger partial charge >= 0.3 is 0 Å². The third-order valence-corrected chi connectivity index (χ3v) is 2.67. The van der Waals surface area contributed by atoms with E-state index in [0.717, 1.165) is 11.1 Å². The number of rotatable bonds is 3. The van der Waals surface area contributed by atoms with Gasteiger partial charge in [0.05, 0.1) is 6.10 Å². The molecule has 0 spiro atoms. The Hall–Kier alpha value is -0.570. The van der Waals surface area contributed by atoms with Crippen LogP contribution < -0.4 is 5.73 Å². The van der Waals surface area contributed by atoms with Crippen molar-refractivity contribution < 1.29 is 5.11 Å². The van der Waals surface area contributed by atoms with Crippen LogP contribution in [0.2, 0.25) is 5.02 Å². The highest BCUT2D eigenvalue weighted by atomic mass is 35.5. The van der Waals surface area contributed by atoms with Crippen LogP contribution in [0.1, 0.15) is 31.9 Å². The van der Waals surface area contributed by atoms with Gasteiger partial charge in [0, 0.05) is 10.6 Å². The minimum atomic E-state index is -0.435. The molecule has 2 nitrogen and oxygen atoms in total. The van der Waals surface area contributed by atoms with Crippen molar-refractivity contribution in [1.82, 2.24) is 0 Å². The molecule has 0 radical (unpaired) electrons. The van der Waals surface area contributed by atoms with Gasteiger partial charge < -0.3 is 10.8 Å². The summed E-state index contributed by atoms with van der Waals surface area (Å²) in [4.78, 5) is 0. The molecule has 1 aromatic carbocycles. The first kappa shape index (κ1) is 12.5. The monoisotopic (exact) mass is 227 g/mol. The smallest absolute Gasteiger partial charge is 0.0553 e. The average molecular weight is 228 g/mol. The molecule has 0 aliphatic heterocycles. The maximum atomic E-state index is 9.42. The Morgan fingerprint density at radius 1 is 1.47 bits per heavy atom. The lowest BCUT2D eigenvalue weighted by atomic mass is 9.89. The van der Waals surface area contributed by atoms with Crippen LogP contribution in [0.4, 0.5) is 0 Å². The minimum absolute atomic E-state index is 0.411. The van der Waals surface area contributed by atoms with Gasteiger partial charge in [0.2, 0.25) is 0 Å². The summed E-state index contributed by atoms with van der Waals surface area (Å²) in [5.41, 5.74) is 7.57. The zero-order valence-electron chi connectivity index (χ0n) is 9.42. The quantitative estimate of drug-likeness (QED) is 0.834. The number of halogens is 1. The molecule has 3 N–H and O–H groups in total. The van der Waals surface area contributed by atoms with E-state index in [4.69, 9.17) is 17.3 Å². The first-order chi connectivity index (χ1) is 6.82. The van der Waals surface area contributed by atoms with Crippen LogP contribution in [0, 0.1) is 0 Å². The summed E-state index contributed by atoms with van der Waals surface area (Å²) in [5, 5.41) is 10.1. The van der Waals surface area contributed by atoms with E-state index in [1.54, 1.807) is 6.92 Å². The Bertz CT molecular complexity index is 342. The second-order valence-electron chi connectivity index (χ2n) is 4.54. The number of aliphatic hydroxyl groups is 1. The summed E-state index contributed by atoms with van der Waals surface area (Å²) in [5.74, 6) is 0. The number of aliphatic hydroxyl groups excluding tert-OH is 1. The fourth-order valence-corrected chi connectivity index (χ4v) is 1.92. The van der Waals surface area contributed by atoms with Crippen molar-refractivity contribution in [1.29, 1.82) is 0 Å². The molecule has 1 aromatic rings. The lowest BCUT2D eigenvalue weighted by Crippen LogP contribution is -2.30. The molecule has 0 heterocycles. The third-order valence-electron chi connectivity index (χ3n) is 2.31. The number of hydrogen-bond donors (Lipinski definition) is 2. The molecule has 3 heteroatoms. The lowest BCUT2D eigenvalue weighted by molar-refractivity contribution is 0.195. The zero-order chi connectivity index (χ0) is 11.6. The number of nitrogens with two attached hydrogens (primary N) is 1. The van der Waals surface area contributed by atoms with Crippen LogP contribution in [-0.2, 0) is 12.0 Å². The van der Waals surface area contributed by atoms with Crippen molar-refractivity contribution in [2.75, 3.05) is 0 Å². The minimum Gasteiger partial charge on any atom is -0.393 e. The van der Waals surface area contributed by atoms with Gasteiger partial charge in [-0.1, -0.05) is 23.7 Å². The third kappa shape index (κ3) is 3.20. The molecule has 0 aliphatic rings. The topological polar surface area (TPSA) is 46.2 Å². The van der Waals surface area contributed by atoms with Gasteiger partial charge in [-0.15, -0.1) is 0 Å². The van der Waals surface area contributed by atoms with Crippen LogP contribution in [0.15, 0.2) is 18.2 Å². The second-order valence-corrected chi connectivity index (χ2v) is 4.95. The average Bonchev–Trinajstić information content (AvgIpc) is 2.05. The first-order valence-corrected chi connectivity index (χ1v) is 5.45. The largest absolute Gasteiger partial charge is 0.393 e. The van der Waals surface area contributed by atoms with Crippen LogP contribution in [0.3, 0.4) is 0 Å². The maximum absolute atomic E-state index is 9.42. The van der Waals surface area contributed by atoms with Crippen molar-refractivity contribution in [3.8, 4) is 0 Å². The Balaban J connectivity index is 3.21. The molecule has 0 bridgehead atoms. The molecule has 1 rings (SSSR count). The van der Waals surface area contributed by atoms with E-state index in [1.165, 1.54) is 0 Å². The molecule has 0 aromatic heterocycles. The van der Waals surface area contributed by atoms with Crippen molar-refractivity contribution in [3.05, 3.63) is 34.3 Å². The molecule has 15 heavy (non-hydrogen) atoms. The summed E-state index contributed by atoms with van der Waals surface area (Å²) in [6.45, 7) is 5.62. The molecule has 0 aliphatic carbocycles. The first-order valence-electron chi connectivity index (χ1n) is 5.07. The standard InChI is InChI=1S/C12H18ClNO/c1-8(15)7-9-10(12(2,3)14)5-4-6-11(9)13/h4-6,8,15H,7,14H2,1-3H3. The Kier molecular flexibility index (Phi) is 3.77. The highest BCUT2D eigenvalue weighted by Crippen LogP contribution is 2.28. The zero-order valence-corrected chi connectivity index (χ0v) is 10.2. The molecule has 0 saturated heterocycles. The summed E-state index contributed by atoms with van der Waals surface area (Å²) in [6.07, 6.45) is 0.126. The van der Waals surface area contributed by atoms with E-state index >= 15 is 0 Å². The summed E-state index contributed by atoms with van der Waals surface area (Å²) >= 11 is 6.11. The molecule has 0 saturated carbocycles. The molecule has 1 unspecified atom stereocenters. The summed E-state index contributed by atoms with van der Waals surface area (Å²) in [6, 6.07) is 5.68. The van der Waals surface area contributed by atoms with Crippen LogP contribution in [-0.4, -0.2) is 11.2 Å². The molecule has 84 valence electrons. The van der Waals surface area contributed by atoms with Gasteiger partial charge in [0.25, 0.3) is 0 Å². The fraction of sp³-hybridized carbons (Fsp3) is 0.500. The predicted octanol–water partition coefficient (Wildman–Crippen LogP) is 2.46. The van der Waals surface area contributed by atoms with Crippen LogP contribution >= 0.6 is 11.6 Å². The van der Waals surface area contributed by atoms with Gasteiger partial charge in [0.15, 0.2) is 0 Å². The molecule has 0 amide bonds. The predicted molar refractivity (Wildman–Crippen MR) is 64.1 cm³/mol. The van der Waals surface area contributed by atoms with Gasteiger partial charge in [0.1, 0.15) is 0 Å². The summed E-state index contributed by atoms with van der Waals surface area (Å²) in [7, 11) is 0. The molecule has 1 atom stereocenters. The molecular weight excluding hydrogens is 210 g/mol. The van der Waals surface area contributed by atoms with E-state index in [1.807, 2.05) is 32.0 Å². The Morgan fingerprint density at radius 3 is 2.53 bits per heavy atom. The van der Waals surface area contributed by atoms with E-state index in [-0.39, 0.29) is 0 Å². The van der Waals surface area contributed by atoms with Crippen molar-refractivity contribution >= 4 is 11.6 Å². The van der Waals surface area contributed by atoms with E-state index < -0.39 is 11.6 Å². The van der Waals surface area contributed by atoms with Gasteiger partial charge in [-0.2, -0.15) is 0 Å². The van der Waals surface area contributed by atoms with Gasteiger partial charge in [-0.05, 0) is 44.4 Å². The van der Waals surface area contributed by atoms with E-state index in [0.29, 0.717) is 11.4 Å². The normalized spacial score (nSPS) is 14.0. The maximum Gasteiger partial charge on any atom is 0.0553 e. The molecule has 0 fully saturated rings. The van der Waals surface area contributed by atoms with Crippen molar-refractivity contribution in [2.24, 2.45) is 5.73 Å². The second kappa shape index (κ2) is 4.52. The van der Waals surface area contributed by atoms with Crippen LogP contribution in [0.25, 0.3) is 0 Å². The van der Waals surface area contributed by atoms with Crippen LogP contribution in [0.5, 0.6) is 0 Å². The highest BCUT2D eigenvalue weighted by molar-refractivity contribution is 6.31. The SMILES string of the molecule is CC(O)Cc1c(Cl)cccc1C(C)(C)N. The Labute approximate surface area is 96.1 Å². The van der Waals surface area contributed by atoms with Crippen molar-refractivity contribution in [3.63, 3.8) is 0 Å². The van der Waals surface area contributed by atoms with Gasteiger partial charge in [-0.3, -0.25) is 0 Å². The highest BCUT2D eigenvalue weighted by Gasteiger charge is 2.20. The summed E-state index contributed by atoms with van der Waals surface area (Å²) < 4.78 is 0. The molecular formula is C12H18ClNO. The Morgan fingerprint density at radius 2 is 2.07 bits per heavy atom. The number of benzene rings is 1. The number of hydrogen-bond acceptors (Lipinski definition) is 2. The van der Waals surface area contributed by atoms with Gasteiger partial charge in [-0.25, -0.2) is 0 Å². The lowest BCUT2D eigenvalue weighted by Gasteiger charge is -2.24. The van der Waals surface area contributed by atoms with E-state index in [9.17, 15) is 5.11 Å². The van der Waals surface area contributed by atoms with Crippen molar-refractivity contribution in [2.45, 2.75) is 38.8 Å².